The first kappa shape index (κ1) is 22.7. The number of nitrogens with two attached hydrogens (primary N) is 1. The van der Waals surface area contributed by atoms with E-state index in [1.165, 1.54) is 11.3 Å². The Morgan fingerprint density at radius 2 is 1.81 bits per heavy atom. The number of halogens is 3. The summed E-state index contributed by atoms with van der Waals surface area (Å²) in [7, 11) is 0. The van der Waals surface area contributed by atoms with Gasteiger partial charge in [0, 0.05) is 11.4 Å². The van der Waals surface area contributed by atoms with Crippen molar-refractivity contribution >= 4 is 17.3 Å². The van der Waals surface area contributed by atoms with Gasteiger partial charge in [-0.3, -0.25) is 0 Å². The largest absolute Gasteiger partial charge is 0.507 e. The minimum atomic E-state index is -5.08. The van der Waals surface area contributed by atoms with Crippen molar-refractivity contribution in [1.82, 2.24) is 20.0 Å². The van der Waals surface area contributed by atoms with E-state index in [0.717, 1.165) is 47.6 Å². The topological polar surface area (TPSA) is 127 Å². The number of aromatic nitrogens is 4. The third-order valence-electron chi connectivity index (χ3n) is 4.77. The van der Waals surface area contributed by atoms with Crippen LogP contribution in [-0.4, -0.2) is 48.4 Å². The zero-order valence-corrected chi connectivity index (χ0v) is 17.0. The van der Waals surface area contributed by atoms with Crippen LogP contribution in [0.15, 0.2) is 35.8 Å². The second-order valence-electron chi connectivity index (χ2n) is 7.01. The lowest BCUT2D eigenvalue weighted by atomic mass is 9.92. The van der Waals surface area contributed by atoms with Gasteiger partial charge in [-0.2, -0.15) is 13.2 Å². The number of carboxylic acids is 1. The van der Waals surface area contributed by atoms with Crippen LogP contribution in [0.4, 0.5) is 13.2 Å². The van der Waals surface area contributed by atoms with Crippen molar-refractivity contribution in [3.05, 3.63) is 35.8 Å². The Morgan fingerprint density at radius 1 is 1.16 bits per heavy atom. The minimum Gasteiger partial charge on any atom is -0.507 e. The minimum absolute atomic E-state index is 0.237. The number of aliphatic carboxylic acids is 1. The molecule has 1 aromatic carbocycles. The Bertz CT molecular complexity index is 1030. The molecular formula is C19H20F3N5O3S. The highest BCUT2D eigenvalue weighted by Crippen LogP contribution is 2.34. The number of rotatable bonds is 3. The number of hydrogen-bond donors (Lipinski definition) is 3. The summed E-state index contributed by atoms with van der Waals surface area (Å²) in [6.45, 7) is 0. The van der Waals surface area contributed by atoms with Gasteiger partial charge in [0.05, 0.1) is 17.8 Å². The van der Waals surface area contributed by atoms with Crippen molar-refractivity contribution in [2.45, 2.75) is 43.9 Å². The fraction of sp³-hybridized carbons (Fsp3) is 0.368. The first-order valence-corrected chi connectivity index (χ1v) is 10.2. The van der Waals surface area contributed by atoms with Crippen LogP contribution in [0.3, 0.4) is 0 Å². The Balaban J connectivity index is 0.000000339. The fourth-order valence-corrected chi connectivity index (χ4v) is 3.96. The fourth-order valence-electron chi connectivity index (χ4n) is 3.11. The molecule has 0 spiro atoms. The van der Waals surface area contributed by atoms with Gasteiger partial charge in [-0.1, -0.05) is 17.3 Å². The van der Waals surface area contributed by atoms with Gasteiger partial charge in [-0.05, 0) is 37.8 Å². The standard InChI is InChI=1S/C17H19N5OS.C2HF3O2/c18-11-5-7-12(8-6-11)22-9-14(20-21-22)15-10-24-17(19-15)13-3-1-2-4-16(13)23;3-2(4,5)1(6)7/h1-4,9-12,23H,5-8,18H2;(H,6,7). The van der Waals surface area contributed by atoms with E-state index in [1.54, 1.807) is 12.1 Å². The molecule has 8 nitrogen and oxygen atoms in total. The molecule has 166 valence electrons. The lowest BCUT2D eigenvalue weighted by Crippen LogP contribution is -2.28. The summed E-state index contributed by atoms with van der Waals surface area (Å²) in [5, 5.41) is 28.4. The van der Waals surface area contributed by atoms with Crippen LogP contribution in [-0.2, 0) is 4.79 Å². The first-order valence-electron chi connectivity index (χ1n) is 9.37. The van der Waals surface area contributed by atoms with E-state index < -0.39 is 12.1 Å². The van der Waals surface area contributed by atoms with E-state index in [1.807, 2.05) is 28.4 Å². The number of hydrogen-bond acceptors (Lipinski definition) is 7. The summed E-state index contributed by atoms with van der Waals surface area (Å²) in [5.74, 6) is -2.52. The molecule has 0 unspecified atom stereocenters. The molecule has 1 aliphatic carbocycles. The summed E-state index contributed by atoms with van der Waals surface area (Å²) < 4.78 is 33.7. The molecule has 2 aromatic heterocycles. The predicted molar refractivity (Wildman–Crippen MR) is 107 cm³/mol. The van der Waals surface area contributed by atoms with E-state index in [0.29, 0.717) is 12.1 Å². The maximum Gasteiger partial charge on any atom is 0.490 e. The molecule has 1 saturated carbocycles. The molecule has 0 radical (unpaired) electrons. The molecule has 0 aliphatic heterocycles. The zero-order valence-electron chi connectivity index (χ0n) is 16.2. The molecular weight excluding hydrogens is 435 g/mol. The van der Waals surface area contributed by atoms with Crippen molar-refractivity contribution in [1.29, 1.82) is 0 Å². The number of phenolic OH excluding ortho intramolecular Hbond substituents is 1. The molecule has 0 saturated heterocycles. The lowest BCUT2D eigenvalue weighted by molar-refractivity contribution is -0.192. The number of thiazole rings is 1. The van der Waals surface area contributed by atoms with Gasteiger partial charge in [0.1, 0.15) is 22.1 Å². The SMILES string of the molecule is NC1CCC(n2cc(-c3csc(-c4ccccc4O)n3)nn2)CC1.O=C(O)C(F)(F)F. The van der Waals surface area contributed by atoms with E-state index in [9.17, 15) is 18.3 Å². The van der Waals surface area contributed by atoms with Crippen LogP contribution >= 0.6 is 11.3 Å². The smallest absolute Gasteiger partial charge is 0.490 e. The highest BCUT2D eigenvalue weighted by atomic mass is 32.1. The lowest BCUT2D eigenvalue weighted by Gasteiger charge is -2.25. The highest BCUT2D eigenvalue weighted by Gasteiger charge is 2.38. The molecule has 3 aromatic rings. The quantitative estimate of drug-likeness (QED) is 0.547. The summed E-state index contributed by atoms with van der Waals surface area (Å²) in [6, 6.07) is 7.92. The molecule has 2 heterocycles. The van der Waals surface area contributed by atoms with Crippen molar-refractivity contribution in [2.75, 3.05) is 0 Å². The third-order valence-corrected chi connectivity index (χ3v) is 5.64. The van der Waals surface area contributed by atoms with Crippen molar-refractivity contribution < 1.29 is 28.2 Å². The zero-order chi connectivity index (χ0) is 22.6. The molecule has 0 atom stereocenters. The van der Waals surface area contributed by atoms with Crippen LogP contribution < -0.4 is 5.73 Å². The second kappa shape index (κ2) is 9.43. The Morgan fingerprint density at radius 3 is 2.42 bits per heavy atom. The summed E-state index contributed by atoms with van der Waals surface area (Å²) >= 11 is 1.49. The number of alkyl halides is 3. The monoisotopic (exact) mass is 455 g/mol. The Labute approximate surface area is 179 Å². The maximum absolute atomic E-state index is 10.6. The number of carbonyl (C=O) groups is 1. The molecule has 4 rings (SSSR count). The van der Waals surface area contributed by atoms with Crippen molar-refractivity contribution in [3.8, 4) is 27.7 Å². The molecule has 31 heavy (non-hydrogen) atoms. The van der Waals surface area contributed by atoms with E-state index in [2.05, 4.69) is 15.3 Å². The normalized spacial score (nSPS) is 18.8. The van der Waals surface area contributed by atoms with Crippen molar-refractivity contribution in [2.24, 2.45) is 5.73 Å². The highest BCUT2D eigenvalue weighted by molar-refractivity contribution is 7.13. The molecule has 0 bridgehead atoms. The molecule has 1 fully saturated rings. The van der Waals surface area contributed by atoms with Crippen LogP contribution in [0.2, 0.25) is 0 Å². The van der Waals surface area contributed by atoms with Crippen LogP contribution in [0.5, 0.6) is 5.75 Å². The van der Waals surface area contributed by atoms with E-state index in [-0.39, 0.29) is 5.75 Å². The third kappa shape index (κ3) is 5.79. The first-order chi connectivity index (χ1) is 14.6. The van der Waals surface area contributed by atoms with Gasteiger partial charge in [0.25, 0.3) is 0 Å². The van der Waals surface area contributed by atoms with Gasteiger partial charge in [-0.15, -0.1) is 16.4 Å². The number of carboxylic acid groups (broad SMARTS) is 1. The summed E-state index contributed by atoms with van der Waals surface area (Å²) in [4.78, 5) is 13.5. The van der Waals surface area contributed by atoms with Crippen LogP contribution in [0.25, 0.3) is 22.0 Å². The van der Waals surface area contributed by atoms with Gasteiger partial charge in [0.2, 0.25) is 0 Å². The average molecular weight is 455 g/mol. The predicted octanol–water partition coefficient (Wildman–Crippen LogP) is 3.85. The number of para-hydroxylation sites is 1. The summed E-state index contributed by atoms with van der Waals surface area (Å²) in [5.41, 5.74) is 8.26. The summed E-state index contributed by atoms with van der Waals surface area (Å²) in [6.07, 6.45) is 1.04. The van der Waals surface area contributed by atoms with Gasteiger partial charge in [0.15, 0.2) is 0 Å². The van der Waals surface area contributed by atoms with Crippen LogP contribution in [0, 0.1) is 0 Å². The van der Waals surface area contributed by atoms with Crippen LogP contribution in [0.1, 0.15) is 31.7 Å². The number of benzene rings is 1. The molecule has 1 aliphatic rings. The molecule has 4 N–H and O–H groups in total. The Hall–Kier alpha value is -2.99. The Kier molecular flexibility index (Phi) is 6.91. The number of phenols is 1. The van der Waals surface area contributed by atoms with E-state index >= 15 is 0 Å². The number of aromatic hydroxyl groups is 1. The molecule has 12 heteroatoms. The van der Waals surface area contributed by atoms with Gasteiger partial charge >= 0.3 is 12.1 Å². The molecule has 0 amide bonds. The van der Waals surface area contributed by atoms with Gasteiger partial charge < -0.3 is 15.9 Å². The van der Waals surface area contributed by atoms with Crippen molar-refractivity contribution in [3.63, 3.8) is 0 Å². The van der Waals surface area contributed by atoms with Gasteiger partial charge in [-0.25, -0.2) is 14.5 Å². The number of nitrogens with zero attached hydrogens (tertiary/aromatic N) is 4. The maximum atomic E-state index is 10.6. The second-order valence-corrected chi connectivity index (χ2v) is 7.87. The average Bonchev–Trinajstić information content (AvgIpc) is 3.38. The van der Waals surface area contributed by atoms with E-state index in [4.69, 9.17) is 15.6 Å².